The molecule has 1 fully saturated rings. The Morgan fingerprint density at radius 1 is 1.00 bits per heavy atom. The van der Waals surface area contributed by atoms with E-state index in [9.17, 15) is 21.6 Å². The standard InChI is InChI=1S/C21H27N3O6S2/c1-3-17-4-6-18(7-5-17)22-21(25)16-24(31(2,26)27)19-8-10-20(11-9-19)32(28,29)23-12-14-30-15-13-23/h4-11H,3,12-16H2,1-2H3,(H,22,25). The number of benzene rings is 2. The molecule has 1 N–H and O–H groups in total. The summed E-state index contributed by atoms with van der Waals surface area (Å²) in [5, 5.41) is 2.68. The topological polar surface area (TPSA) is 113 Å². The van der Waals surface area contributed by atoms with Crippen molar-refractivity contribution in [2.24, 2.45) is 0 Å². The van der Waals surface area contributed by atoms with Gasteiger partial charge in [-0.1, -0.05) is 19.1 Å². The van der Waals surface area contributed by atoms with Gasteiger partial charge in [0, 0.05) is 18.8 Å². The molecule has 3 rings (SSSR count). The molecule has 1 aliphatic heterocycles. The van der Waals surface area contributed by atoms with E-state index in [4.69, 9.17) is 4.74 Å². The average molecular weight is 482 g/mol. The fourth-order valence-electron chi connectivity index (χ4n) is 3.28. The van der Waals surface area contributed by atoms with Gasteiger partial charge in [-0.2, -0.15) is 4.31 Å². The van der Waals surface area contributed by atoms with Crippen LogP contribution in [0.5, 0.6) is 0 Å². The third-order valence-corrected chi connectivity index (χ3v) is 8.12. The molecule has 0 aliphatic carbocycles. The Hall–Kier alpha value is -2.47. The second kappa shape index (κ2) is 9.99. The van der Waals surface area contributed by atoms with Crippen LogP contribution < -0.4 is 9.62 Å². The maximum Gasteiger partial charge on any atom is 0.245 e. The van der Waals surface area contributed by atoms with Crippen LogP contribution in [0.15, 0.2) is 53.4 Å². The number of hydrogen-bond donors (Lipinski definition) is 1. The highest BCUT2D eigenvalue weighted by molar-refractivity contribution is 7.92. The number of hydrogen-bond acceptors (Lipinski definition) is 6. The molecule has 0 saturated carbocycles. The number of aryl methyl sites for hydroxylation is 1. The number of sulfonamides is 2. The monoisotopic (exact) mass is 481 g/mol. The second-order valence-electron chi connectivity index (χ2n) is 7.38. The van der Waals surface area contributed by atoms with E-state index in [2.05, 4.69) is 5.32 Å². The van der Waals surface area contributed by atoms with Gasteiger partial charge in [0.05, 0.1) is 30.1 Å². The SMILES string of the molecule is CCc1ccc(NC(=O)CN(c2ccc(S(=O)(=O)N3CCOCC3)cc2)S(C)(=O)=O)cc1. The minimum Gasteiger partial charge on any atom is -0.379 e. The minimum atomic E-state index is -3.79. The third kappa shape index (κ3) is 5.85. The van der Waals surface area contributed by atoms with E-state index >= 15 is 0 Å². The van der Waals surface area contributed by atoms with Gasteiger partial charge >= 0.3 is 0 Å². The summed E-state index contributed by atoms with van der Waals surface area (Å²) in [5.41, 5.74) is 1.88. The van der Waals surface area contributed by atoms with Crippen molar-refractivity contribution in [1.82, 2.24) is 4.31 Å². The highest BCUT2D eigenvalue weighted by Crippen LogP contribution is 2.23. The quantitative estimate of drug-likeness (QED) is 0.614. The number of amides is 1. The van der Waals surface area contributed by atoms with Crippen molar-refractivity contribution in [1.29, 1.82) is 0 Å². The first-order valence-corrected chi connectivity index (χ1v) is 13.4. The van der Waals surface area contributed by atoms with Crippen LogP contribution in [0, 0.1) is 0 Å². The van der Waals surface area contributed by atoms with E-state index in [0.717, 1.165) is 22.5 Å². The Morgan fingerprint density at radius 2 is 1.59 bits per heavy atom. The van der Waals surface area contributed by atoms with Gasteiger partial charge in [-0.15, -0.1) is 0 Å². The van der Waals surface area contributed by atoms with Crippen LogP contribution >= 0.6 is 0 Å². The van der Waals surface area contributed by atoms with E-state index < -0.39 is 32.5 Å². The van der Waals surface area contributed by atoms with Gasteiger partial charge in [0.25, 0.3) is 0 Å². The van der Waals surface area contributed by atoms with E-state index in [1.165, 1.54) is 28.6 Å². The molecule has 0 unspecified atom stereocenters. The van der Waals surface area contributed by atoms with Crippen LogP contribution in [0.1, 0.15) is 12.5 Å². The number of nitrogens with zero attached hydrogens (tertiary/aromatic N) is 2. The smallest absolute Gasteiger partial charge is 0.245 e. The zero-order valence-corrected chi connectivity index (χ0v) is 19.7. The zero-order valence-electron chi connectivity index (χ0n) is 18.0. The Kier molecular flexibility index (Phi) is 7.55. The number of ether oxygens (including phenoxy) is 1. The van der Waals surface area contributed by atoms with Crippen molar-refractivity contribution >= 4 is 37.3 Å². The Balaban J connectivity index is 1.76. The molecule has 0 spiro atoms. The summed E-state index contributed by atoms with van der Waals surface area (Å²) in [6.07, 6.45) is 1.86. The molecule has 1 amide bonds. The molecule has 0 radical (unpaired) electrons. The number of anilines is 2. The Morgan fingerprint density at radius 3 is 2.12 bits per heavy atom. The van der Waals surface area contributed by atoms with Gasteiger partial charge in [-0.05, 0) is 48.4 Å². The molecule has 0 aromatic heterocycles. The summed E-state index contributed by atoms with van der Waals surface area (Å²) in [6, 6.07) is 12.8. The van der Waals surface area contributed by atoms with Crippen LogP contribution in [0.3, 0.4) is 0 Å². The largest absolute Gasteiger partial charge is 0.379 e. The normalized spacial score (nSPS) is 15.3. The number of nitrogens with one attached hydrogen (secondary N) is 1. The van der Waals surface area contributed by atoms with Crippen molar-refractivity contribution in [3.05, 3.63) is 54.1 Å². The molecule has 174 valence electrons. The van der Waals surface area contributed by atoms with E-state index in [1.807, 2.05) is 19.1 Å². The summed E-state index contributed by atoms with van der Waals surface area (Å²) in [4.78, 5) is 12.6. The summed E-state index contributed by atoms with van der Waals surface area (Å²) >= 11 is 0. The number of carbonyl (C=O) groups is 1. The molecular formula is C21H27N3O6S2. The van der Waals surface area contributed by atoms with Crippen molar-refractivity contribution in [3.63, 3.8) is 0 Å². The second-order valence-corrected chi connectivity index (χ2v) is 11.2. The molecule has 0 bridgehead atoms. The lowest BCUT2D eigenvalue weighted by atomic mass is 10.1. The van der Waals surface area contributed by atoms with Crippen molar-refractivity contribution in [2.45, 2.75) is 18.2 Å². The summed E-state index contributed by atoms with van der Waals surface area (Å²) in [7, 11) is -7.49. The lowest BCUT2D eigenvalue weighted by Gasteiger charge is -2.26. The maximum absolute atomic E-state index is 12.8. The van der Waals surface area contributed by atoms with Gasteiger partial charge in [0.2, 0.25) is 26.0 Å². The van der Waals surface area contributed by atoms with E-state index in [-0.39, 0.29) is 23.7 Å². The molecule has 0 atom stereocenters. The van der Waals surface area contributed by atoms with Crippen LogP contribution in [0.2, 0.25) is 0 Å². The van der Waals surface area contributed by atoms with Crippen LogP contribution in [0.25, 0.3) is 0 Å². The fraction of sp³-hybridized carbons (Fsp3) is 0.381. The number of carbonyl (C=O) groups excluding carboxylic acids is 1. The Bertz CT molecular complexity index is 1140. The summed E-state index contributed by atoms with van der Waals surface area (Å²) in [5.74, 6) is -0.510. The van der Waals surface area contributed by atoms with Gasteiger partial charge in [0.1, 0.15) is 6.54 Å². The Labute approximate surface area is 189 Å². The molecule has 2 aromatic carbocycles. The van der Waals surface area contributed by atoms with Gasteiger partial charge in [0.15, 0.2) is 0 Å². The predicted molar refractivity (Wildman–Crippen MR) is 123 cm³/mol. The lowest BCUT2D eigenvalue weighted by molar-refractivity contribution is -0.114. The first kappa shape index (κ1) is 24.2. The van der Waals surface area contributed by atoms with Crippen molar-refractivity contribution in [3.8, 4) is 0 Å². The van der Waals surface area contributed by atoms with Gasteiger partial charge in [-0.3, -0.25) is 9.10 Å². The third-order valence-electron chi connectivity index (χ3n) is 5.07. The van der Waals surface area contributed by atoms with Gasteiger partial charge < -0.3 is 10.1 Å². The van der Waals surface area contributed by atoms with Crippen LogP contribution in [-0.4, -0.2) is 66.2 Å². The minimum absolute atomic E-state index is 0.0528. The summed E-state index contributed by atoms with van der Waals surface area (Å²) in [6.45, 7) is 2.77. The maximum atomic E-state index is 12.8. The fourth-order valence-corrected chi connectivity index (χ4v) is 5.54. The molecule has 11 heteroatoms. The first-order valence-electron chi connectivity index (χ1n) is 10.2. The lowest BCUT2D eigenvalue weighted by Crippen LogP contribution is -2.40. The molecule has 2 aromatic rings. The zero-order chi connectivity index (χ0) is 23.4. The van der Waals surface area contributed by atoms with Crippen LogP contribution in [-0.2, 0) is 36.0 Å². The molecule has 1 saturated heterocycles. The average Bonchev–Trinajstić information content (AvgIpc) is 2.78. The molecular weight excluding hydrogens is 454 g/mol. The molecule has 1 heterocycles. The van der Waals surface area contributed by atoms with E-state index in [0.29, 0.717) is 18.9 Å². The highest BCUT2D eigenvalue weighted by Gasteiger charge is 2.27. The predicted octanol–water partition coefficient (Wildman–Crippen LogP) is 1.67. The number of morpholine rings is 1. The molecule has 9 nitrogen and oxygen atoms in total. The van der Waals surface area contributed by atoms with Crippen molar-refractivity contribution in [2.75, 3.05) is 48.7 Å². The number of rotatable bonds is 8. The van der Waals surface area contributed by atoms with Gasteiger partial charge in [-0.25, -0.2) is 16.8 Å². The van der Waals surface area contributed by atoms with Crippen molar-refractivity contribution < 1.29 is 26.4 Å². The van der Waals surface area contributed by atoms with E-state index in [1.54, 1.807) is 12.1 Å². The molecule has 1 aliphatic rings. The summed E-state index contributed by atoms with van der Waals surface area (Å²) < 4.78 is 57.7. The highest BCUT2D eigenvalue weighted by atomic mass is 32.2. The van der Waals surface area contributed by atoms with Crippen LogP contribution in [0.4, 0.5) is 11.4 Å². The molecule has 32 heavy (non-hydrogen) atoms. The first-order chi connectivity index (χ1) is 15.1.